The van der Waals surface area contributed by atoms with E-state index < -0.39 is 5.79 Å². The van der Waals surface area contributed by atoms with Gasteiger partial charge in [0.1, 0.15) is 5.82 Å². The molecule has 5 rings (SSSR count). The number of nitrogens with zero attached hydrogens (tertiary/aromatic N) is 4. The lowest BCUT2D eigenvalue weighted by Gasteiger charge is -2.36. The first kappa shape index (κ1) is 19.7. The van der Waals surface area contributed by atoms with Gasteiger partial charge in [0.05, 0.1) is 36.6 Å². The quantitative estimate of drug-likeness (QED) is 0.444. The van der Waals surface area contributed by atoms with Gasteiger partial charge in [-0.3, -0.25) is 0 Å². The van der Waals surface area contributed by atoms with E-state index in [9.17, 15) is 4.39 Å². The van der Waals surface area contributed by atoms with Gasteiger partial charge in [0.2, 0.25) is 0 Å². The Kier molecular flexibility index (Phi) is 5.30. The fourth-order valence-electron chi connectivity index (χ4n) is 4.39. The molecule has 0 unspecified atom stereocenters. The molecule has 2 aliphatic rings. The van der Waals surface area contributed by atoms with Crippen LogP contribution in [0.2, 0.25) is 0 Å². The van der Waals surface area contributed by atoms with E-state index in [1.807, 2.05) is 18.6 Å². The van der Waals surface area contributed by atoms with Gasteiger partial charge in [0.15, 0.2) is 10.9 Å². The number of ether oxygens (including phenoxy) is 2. The summed E-state index contributed by atoms with van der Waals surface area (Å²) in [4.78, 5) is 13.8. The van der Waals surface area contributed by atoms with E-state index in [1.54, 1.807) is 18.3 Å². The van der Waals surface area contributed by atoms with Crippen LogP contribution in [-0.4, -0.2) is 44.8 Å². The van der Waals surface area contributed by atoms with Crippen LogP contribution in [0.25, 0.3) is 22.6 Å². The van der Waals surface area contributed by atoms with Crippen molar-refractivity contribution in [3.8, 4) is 22.6 Å². The van der Waals surface area contributed by atoms with E-state index in [4.69, 9.17) is 19.4 Å². The number of imidazole rings is 1. The molecule has 156 valence electrons. The monoisotopic (exact) mass is 426 g/mol. The second kappa shape index (κ2) is 8.09. The second-order valence-electron chi connectivity index (χ2n) is 7.62. The van der Waals surface area contributed by atoms with Crippen LogP contribution in [0.4, 0.5) is 4.39 Å². The van der Waals surface area contributed by atoms with Gasteiger partial charge in [-0.25, -0.2) is 19.3 Å². The molecule has 0 bridgehead atoms. The molecular weight excluding hydrogens is 403 g/mol. The van der Waals surface area contributed by atoms with Gasteiger partial charge >= 0.3 is 0 Å². The maximum Gasteiger partial charge on any atom is 0.187 e. The minimum absolute atomic E-state index is 0.263. The molecule has 3 aromatic rings. The van der Waals surface area contributed by atoms with Gasteiger partial charge in [0.25, 0.3) is 0 Å². The van der Waals surface area contributed by atoms with Crippen LogP contribution < -0.4 is 0 Å². The van der Waals surface area contributed by atoms with E-state index in [-0.39, 0.29) is 11.9 Å². The minimum Gasteiger partial charge on any atom is -0.348 e. The highest BCUT2D eigenvalue weighted by atomic mass is 32.2. The molecule has 1 saturated heterocycles. The second-order valence-corrected chi connectivity index (χ2v) is 8.40. The first-order valence-electron chi connectivity index (χ1n) is 10.2. The number of halogens is 1. The molecule has 0 amide bonds. The topological polar surface area (TPSA) is 62.1 Å². The van der Waals surface area contributed by atoms with Crippen LogP contribution in [0.5, 0.6) is 0 Å². The van der Waals surface area contributed by atoms with Crippen molar-refractivity contribution in [3.63, 3.8) is 0 Å². The minimum atomic E-state index is -0.405. The molecule has 3 heterocycles. The summed E-state index contributed by atoms with van der Waals surface area (Å²) in [6.45, 7) is 1.35. The molecule has 6 nitrogen and oxygen atoms in total. The van der Waals surface area contributed by atoms with Crippen LogP contribution in [0.15, 0.2) is 48.0 Å². The van der Waals surface area contributed by atoms with Gasteiger partial charge in [-0.1, -0.05) is 11.8 Å². The maximum absolute atomic E-state index is 13.5. The van der Waals surface area contributed by atoms with Crippen molar-refractivity contribution in [1.82, 2.24) is 19.5 Å². The predicted octanol–water partition coefficient (Wildman–Crippen LogP) is 4.73. The average molecular weight is 427 g/mol. The zero-order valence-electron chi connectivity index (χ0n) is 16.8. The lowest BCUT2D eigenvalue weighted by molar-refractivity contribution is -0.181. The van der Waals surface area contributed by atoms with Crippen LogP contribution in [0.3, 0.4) is 0 Å². The number of aromatic nitrogens is 4. The Balaban J connectivity index is 1.55. The summed E-state index contributed by atoms with van der Waals surface area (Å²) in [5, 5.41) is 0.709. The Morgan fingerprint density at radius 1 is 1.07 bits per heavy atom. The summed E-state index contributed by atoms with van der Waals surface area (Å²) in [5.74, 6) is -0.668. The van der Waals surface area contributed by atoms with Crippen LogP contribution in [0.1, 0.15) is 31.7 Å². The first-order valence-corrected chi connectivity index (χ1v) is 11.4. The Morgan fingerprint density at radius 3 is 2.50 bits per heavy atom. The molecule has 8 heteroatoms. The third-order valence-corrected chi connectivity index (χ3v) is 6.46. The van der Waals surface area contributed by atoms with Crippen molar-refractivity contribution in [2.75, 3.05) is 19.5 Å². The summed E-state index contributed by atoms with van der Waals surface area (Å²) in [7, 11) is 0. The summed E-state index contributed by atoms with van der Waals surface area (Å²) in [5.41, 5.74) is 3.42. The largest absolute Gasteiger partial charge is 0.348 e. The molecule has 0 atom stereocenters. The van der Waals surface area contributed by atoms with Crippen LogP contribution in [-0.2, 0) is 9.47 Å². The third kappa shape index (κ3) is 3.64. The summed E-state index contributed by atoms with van der Waals surface area (Å²) < 4.78 is 27.5. The Morgan fingerprint density at radius 2 is 1.80 bits per heavy atom. The standard InChI is InChI=1S/C22H23FN4O2S/c1-30-21-24-11-8-18(26-21)20-19(15-2-4-16(23)5-3-15)25-14-27(20)17-6-9-22(10-7-17)28-12-13-29-22/h2-5,8,11,14,17H,6-7,9-10,12-13H2,1H3. The summed E-state index contributed by atoms with van der Waals surface area (Å²) in [6, 6.07) is 8.63. The number of rotatable bonds is 4. The molecule has 1 saturated carbocycles. The maximum atomic E-state index is 13.5. The lowest BCUT2D eigenvalue weighted by Crippen LogP contribution is -2.35. The highest BCUT2D eigenvalue weighted by Crippen LogP contribution is 2.43. The highest BCUT2D eigenvalue weighted by Gasteiger charge is 2.41. The molecule has 0 radical (unpaired) electrons. The number of thioether (sulfide) groups is 1. The lowest BCUT2D eigenvalue weighted by atomic mass is 9.89. The normalized spacial score (nSPS) is 18.9. The zero-order valence-corrected chi connectivity index (χ0v) is 17.6. The molecule has 1 spiro atoms. The number of benzene rings is 1. The van der Waals surface area contributed by atoms with Crippen molar-refractivity contribution in [2.45, 2.75) is 42.7 Å². The van der Waals surface area contributed by atoms with Crippen molar-refractivity contribution < 1.29 is 13.9 Å². The van der Waals surface area contributed by atoms with E-state index >= 15 is 0 Å². The van der Waals surface area contributed by atoms with Crippen molar-refractivity contribution in [3.05, 3.63) is 48.7 Å². The van der Waals surface area contributed by atoms with Crippen molar-refractivity contribution in [1.29, 1.82) is 0 Å². The van der Waals surface area contributed by atoms with Crippen molar-refractivity contribution >= 4 is 11.8 Å². The van der Waals surface area contributed by atoms with Gasteiger partial charge in [-0.2, -0.15) is 0 Å². The predicted molar refractivity (Wildman–Crippen MR) is 113 cm³/mol. The molecule has 2 aromatic heterocycles. The van der Waals surface area contributed by atoms with Crippen molar-refractivity contribution in [2.24, 2.45) is 0 Å². The van der Waals surface area contributed by atoms with Gasteiger partial charge in [-0.15, -0.1) is 0 Å². The van der Waals surface area contributed by atoms with Gasteiger partial charge in [0, 0.05) is 30.6 Å². The van der Waals surface area contributed by atoms with E-state index in [0.29, 0.717) is 18.4 Å². The van der Waals surface area contributed by atoms with E-state index in [2.05, 4.69) is 9.55 Å². The fraction of sp³-hybridized carbons (Fsp3) is 0.409. The number of hydrogen-bond acceptors (Lipinski definition) is 6. The SMILES string of the molecule is CSc1nccc(-c2c(-c3ccc(F)cc3)ncn2C2CCC3(CC2)OCCO3)n1. The molecule has 1 aliphatic carbocycles. The van der Waals surface area contributed by atoms with Crippen LogP contribution >= 0.6 is 11.8 Å². The van der Waals surface area contributed by atoms with E-state index in [0.717, 1.165) is 48.3 Å². The fourth-order valence-corrected chi connectivity index (χ4v) is 4.74. The number of hydrogen-bond donors (Lipinski definition) is 0. The van der Waals surface area contributed by atoms with Gasteiger partial charge < -0.3 is 14.0 Å². The van der Waals surface area contributed by atoms with Crippen LogP contribution in [0, 0.1) is 5.82 Å². The highest BCUT2D eigenvalue weighted by molar-refractivity contribution is 7.98. The smallest absolute Gasteiger partial charge is 0.187 e. The Hall–Kier alpha value is -2.29. The Bertz CT molecular complexity index is 1020. The molecule has 1 aliphatic heterocycles. The molecule has 1 aromatic carbocycles. The molecule has 2 fully saturated rings. The summed E-state index contributed by atoms with van der Waals surface area (Å²) in [6.07, 6.45) is 9.21. The molecular formula is C22H23FN4O2S. The molecule has 0 N–H and O–H groups in total. The third-order valence-electron chi connectivity index (χ3n) is 5.89. The van der Waals surface area contributed by atoms with Gasteiger partial charge in [-0.05, 0) is 49.4 Å². The first-order chi connectivity index (χ1) is 14.7. The summed E-state index contributed by atoms with van der Waals surface area (Å²) >= 11 is 1.50. The Labute approximate surface area is 178 Å². The molecule has 30 heavy (non-hydrogen) atoms. The zero-order chi connectivity index (χ0) is 20.6. The average Bonchev–Trinajstić information content (AvgIpc) is 3.43. The van der Waals surface area contributed by atoms with E-state index in [1.165, 1.54) is 23.9 Å².